The van der Waals surface area contributed by atoms with E-state index in [4.69, 9.17) is 4.74 Å². The van der Waals surface area contributed by atoms with Gasteiger partial charge in [0.15, 0.2) is 0 Å². The van der Waals surface area contributed by atoms with Crippen LogP contribution in [-0.4, -0.2) is 30.0 Å². The third-order valence-corrected chi connectivity index (χ3v) is 3.63. The molecular weight excluding hydrogens is 264 g/mol. The van der Waals surface area contributed by atoms with Gasteiger partial charge >= 0.3 is 5.97 Å². The average Bonchev–Trinajstić information content (AvgIpc) is 2.54. The molecule has 1 aromatic heterocycles. The molecule has 2 rings (SSSR count). The first-order valence-electron chi connectivity index (χ1n) is 6.89. The summed E-state index contributed by atoms with van der Waals surface area (Å²) in [5.41, 5.74) is 2.89. The van der Waals surface area contributed by atoms with Gasteiger partial charge in [-0.1, -0.05) is 12.1 Å². The van der Waals surface area contributed by atoms with E-state index in [9.17, 15) is 4.79 Å². The highest BCUT2D eigenvalue weighted by Crippen LogP contribution is 2.20. The van der Waals surface area contributed by atoms with Crippen molar-refractivity contribution in [3.8, 4) is 0 Å². The van der Waals surface area contributed by atoms with Crippen LogP contribution in [-0.2, 0) is 11.3 Å². The monoisotopic (exact) mass is 284 g/mol. The molecule has 4 nitrogen and oxygen atoms in total. The normalized spacial score (nSPS) is 12.2. The number of methoxy groups -OCH3 is 1. The minimum Gasteiger partial charge on any atom is -0.465 e. The van der Waals surface area contributed by atoms with Gasteiger partial charge in [-0.25, -0.2) is 4.79 Å². The summed E-state index contributed by atoms with van der Waals surface area (Å²) in [5.74, 6) is -0.304. The van der Waals surface area contributed by atoms with Crippen molar-refractivity contribution in [1.82, 2.24) is 9.88 Å². The molecule has 21 heavy (non-hydrogen) atoms. The number of hydrogen-bond acceptors (Lipinski definition) is 4. The number of hydrogen-bond donors (Lipinski definition) is 0. The molecule has 0 unspecified atom stereocenters. The highest BCUT2D eigenvalue weighted by molar-refractivity contribution is 5.89. The summed E-state index contributed by atoms with van der Waals surface area (Å²) >= 11 is 0. The molecule has 0 bridgehead atoms. The van der Waals surface area contributed by atoms with Crippen molar-refractivity contribution in [2.75, 3.05) is 14.2 Å². The van der Waals surface area contributed by atoms with Crippen LogP contribution in [0.2, 0.25) is 0 Å². The Balaban J connectivity index is 2.09. The van der Waals surface area contributed by atoms with Gasteiger partial charge in [0.1, 0.15) is 0 Å². The lowest BCUT2D eigenvalue weighted by Crippen LogP contribution is -2.22. The number of nitrogens with zero attached hydrogens (tertiary/aromatic N) is 2. The lowest BCUT2D eigenvalue weighted by molar-refractivity contribution is 0.0600. The molecule has 0 saturated heterocycles. The van der Waals surface area contributed by atoms with Crippen molar-refractivity contribution in [3.63, 3.8) is 0 Å². The Bertz CT molecular complexity index is 599. The van der Waals surface area contributed by atoms with E-state index in [0.29, 0.717) is 5.56 Å². The molecule has 1 aromatic carbocycles. The zero-order valence-electron chi connectivity index (χ0n) is 12.6. The molecule has 0 radical (unpaired) electrons. The zero-order valence-corrected chi connectivity index (χ0v) is 12.6. The van der Waals surface area contributed by atoms with Gasteiger partial charge in [0.25, 0.3) is 0 Å². The first-order chi connectivity index (χ1) is 10.1. The number of rotatable bonds is 5. The molecule has 0 spiro atoms. The topological polar surface area (TPSA) is 42.4 Å². The maximum absolute atomic E-state index is 11.6. The SMILES string of the molecule is COC(=O)c1cccc(CN(C)[C@@H](C)c2ccncc2)c1. The van der Waals surface area contributed by atoms with Crippen molar-refractivity contribution >= 4 is 5.97 Å². The van der Waals surface area contributed by atoms with E-state index in [2.05, 4.69) is 23.9 Å². The fourth-order valence-electron chi connectivity index (χ4n) is 2.24. The van der Waals surface area contributed by atoms with Crippen molar-refractivity contribution in [2.45, 2.75) is 19.5 Å². The van der Waals surface area contributed by atoms with E-state index in [1.54, 1.807) is 18.5 Å². The van der Waals surface area contributed by atoms with Crippen LogP contribution >= 0.6 is 0 Å². The van der Waals surface area contributed by atoms with E-state index >= 15 is 0 Å². The number of benzene rings is 1. The number of aromatic nitrogens is 1. The minimum atomic E-state index is -0.304. The molecule has 1 heterocycles. The first-order valence-corrected chi connectivity index (χ1v) is 6.89. The summed E-state index contributed by atoms with van der Waals surface area (Å²) in [6.07, 6.45) is 3.61. The number of ether oxygens (including phenoxy) is 1. The van der Waals surface area contributed by atoms with E-state index in [-0.39, 0.29) is 12.0 Å². The summed E-state index contributed by atoms with van der Waals surface area (Å²) in [7, 11) is 3.46. The third-order valence-electron chi connectivity index (χ3n) is 3.63. The molecular formula is C17H20N2O2. The number of carbonyl (C=O) groups is 1. The maximum Gasteiger partial charge on any atom is 0.337 e. The number of pyridine rings is 1. The molecule has 0 saturated carbocycles. The second-order valence-electron chi connectivity index (χ2n) is 5.06. The van der Waals surface area contributed by atoms with Crippen molar-refractivity contribution in [1.29, 1.82) is 0 Å². The summed E-state index contributed by atoms with van der Waals surface area (Å²) < 4.78 is 4.75. The number of esters is 1. The van der Waals surface area contributed by atoms with E-state index < -0.39 is 0 Å². The first kappa shape index (κ1) is 15.2. The number of carbonyl (C=O) groups excluding carboxylic acids is 1. The van der Waals surface area contributed by atoms with Crippen LogP contribution in [0.4, 0.5) is 0 Å². The van der Waals surface area contributed by atoms with Crippen LogP contribution < -0.4 is 0 Å². The fraction of sp³-hybridized carbons (Fsp3) is 0.294. The Morgan fingerprint density at radius 3 is 2.67 bits per heavy atom. The van der Waals surface area contributed by atoms with Crippen LogP contribution in [0.1, 0.15) is 34.5 Å². The van der Waals surface area contributed by atoms with Crippen molar-refractivity contribution in [2.24, 2.45) is 0 Å². The highest BCUT2D eigenvalue weighted by Gasteiger charge is 2.13. The highest BCUT2D eigenvalue weighted by atomic mass is 16.5. The summed E-state index contributed by atoms with van der Waals surface area (Å²) in [5, 5.41) is 0. The summed E-state index contributed by atoms with van der Waals surface area (Å²) in [6, 6.07) is 11.9. The largest absolute Gasteiger partial charge is 0.465 e. The van der Waals surface area contributed by atoms with E-state index in [1.165, 1.54) is 12.7 Å². The Labute approximate surface area is 125 Å². The molecule has 2 aromatic rings. The van der Waals surface area contributed by atoms with E-state index in [1.807, 2.05) is 30.3 Å². The van der Waals surface area contributed by atoms with Gasteiger partial charge in [0.2, 0.25) is 0 Å². The summed E-state index contributed by atoms with van der Waals surface area (Å²) in [6.45, 7) is 2.91. The second-order valence-corrected chi connectivity index (χ2v) is 5.06. The minimum absolute atomic E-state index is 0.273. The lowest BCUT2D eigenvalue weighted by Gasteiger charge is -2.25. The Hall–Kier alpha value is -2.20. The van der Waals surface area contributed by atoms with Gasteiger partial charge in [-0.15, -0.1) is 0 Å². The smallest absolute Gasteiger partial charge is 0.337 e. The molecule has 110 valence electrons. The quantitative estimate of drug-likeness (QED) is 0.791. The molecule has 0 N–H and O–H groups in total. The fourth-order valence-corrected chi connectivity index (χ4v) is 2.24. The van der Waals surface area contributed by atoms with Crippen LogP contribution in [0.15, 0.2) is 48.8 Å². The van der Waals surface area contributed by atoms with Crippen LogP contribution in [0.25, 0.3) is 0 Å². The molecule has 0 aliphatic rings. The third kappa shape index (κ3) is 3.89. The van der Waals surface area contributed by atoms with Gasteiger partial charge in [-0.05, 0) is 49.4 Å². The molecule has 0 aliphatic heterocycles. The van der Waals surface area contributed by atoms with Gasteiger partial charge in [-0.3, -0.25) is 9.88 Å². The zero-order chi connectivity index (χ0) is 15.2. The molecule has 1 atom stereocenters. The predicted molar refractivity (Wildman–Crippen MR) is 81.9 cm³/mol. The predicted octanol–water partition coefficient (Wildman–Crippen LogP) is 3.06. The Kier molecular flexibility index (Phi) is 5.06. The van der Waals surface area contributed by atoms with Crippen molar-refractivity contribution < 1.29 is 9.53 Å². The molecule has 4 heteroatoms. The molecule has 0 amide bonds. The van der Waals surface area contributed by atoms with Crippen molar-refractivity contribution in [3.05, 3.63) is 65.5 Å². The van der Waals surface area contributed by atoms with Crippen LogP contribution in [0, 0.1) is 0 Å². The standard InChI is InChI=1S/C17H20N2O2/c1-13(15-7-9-18-10-8-15)19(2)12-14-5-4-6-16(11-14)17(20)21-3/h4-11,13H,12H2,1-3H3/t13-/m0/s1. The van der Waals surface area contributed by atoms with Crippen LogP contribution in [0.5, 0.6) is 0 Å². The Morgan fingerprint density at radius 1 is 1.29 bits per heavy atom. The van der Waals surface area contributed by atoms with Gasteiger partial charge in [0, 0.05) is 25.0 Å². The van der Waals surface area contributed by atoms with Gasteiger partial charge in [0.05, 0.1) is 12.7 Å². The lowest BCUT2D eigenvalue weighted by atomic mass is 10.1. The van der Waals surface area contributed by atoms with Crippen LogP contribution in [0.3, 0.4) is 0 Å². The van der Waals surface area contributed by atoms with Gasteiger partial charge in [-0.2, -0.15) is 0 Å². The summed E-state index contributed by atoms with van der Waals surface area (Å²) in [4.78, 5) is 17.8. The molecule has 0 fully saturated rings. The molecule has 0 aliphatic carbocycles. The Morgan fingerprint density at radius 2 is 2.00 bits per heavy atom. The second kappa shape index (κ2) is 6.99. The van der Waals surface area contributed by atoms with E-state index in [0.717, 1.165) is 12.1 Å². The average molecular weight is 284 g/mol. The maximum atomic E-state index is 11.6. The van der Waals surface area contributed by atoms with Gasteiger partial charge < -0.3 is 4.74 Å².